The number of nitrogens with one attached hydrogen (secondary N) is 1. The van der Waals surface area contributed by atoms with Crippen molar-refractivity contribution in [1.82, 2.24) is 10.3 Å². The molecule has 2 atom stereocenters. The van der Waals surface area contributed by atoms with Gasteiger partial charge in [0.25, 0.3) is 0 Å². The summed E-state index contributed by atoms with van der Waals surface area (Å²) in [6.45, 7) is 1.38. The minimum absolute atomic E-state index is 0.0194. The van der Waals surface area contributed by atoms with E-state index in [1.807, 2.05) is 6.07 Å². The van der Waals surface area contributed by atoms with E-state index in [1.54, 1.807) is 17.6 Å². The van der Waals surface area contributed by atoms with Gasteiger partial charge in [0.2, 0.25) is 5.91 Å². The van der Waals surface area contributed by atoms with Crippen LogP contribution < -0.4 is 5.32 Å². The molecule has 96 valence electrons. The van der Waals surface area contributed by atoms with Crippen molar-refractivity contribution in [3.05, 3.63) is 29.3 Å². The highest BCUT2D eigenvalue weighted by Gasteiger charge is 2.19. The Labute approximate surface area is 108 Å². The van der Waals surface area contributed by atoms with Crippen molar-refractivity contribution in [2.75, 3.05) is 6.54 Å². The first-order valence-electron chi connectivity index (χ1n) is 5.51. The summed E-state index contributed by atoms with van der Waals surface area (Å²) < 4.78 is 1.03. The first kappa shape index (κ1) is 12.9. The number of thiazole rings is 1. The largest absolute Gasteiger partial charge is 0.388 e. The van der Waals surface area contributed by atoms with Crippen molar-refractivity contribution in [2.45, 2.75) is 19.1 Å². The van der Waals surface area contributed by atoms with Crippen LogP contribution in [-0.2, 0) is 4.79 Å². The van der Waals surface area contributed by atoms with E-state index >= 15 is 0 Å². The van der Waals surface area contributed by atoms with Crippen LogP contribution in [0.3, 0.4) is 0 Å². The van der Waals surface area contributed by atoms with Crippen LogP contribution in [0.5, 0.6) is 0 Å². The van der Waals surface area contributed by atoms with Crippen LogP contribution in [0.25, 0.3) is 10.2 Å². The van der Waals surface area contributed by atoms with Crippen molar-refractivity contribution in [2.24, 2.45) is 0 Å². The van der Waals surface area contributed by atoms with Crippen molar-refractivity contribution < 1.29 is 15.0 Å². The molecule has 0 aliphatic rings. The summed E-state index contributed by atoms with van der Waals surface area (Å²) in [5, 5.41) is 22.2. The van der Waals surface area contributed by atoms with Gasteiger partial charge < -0.3 is 15.5 Å². The lowest BCUT2D eigenvalue weighted by atomic mass is 10.0. The number of rotatable bonds is 4. The van der Waals surface area contributed by atoms with E-state index in [9.17, 15) is 15.0 Å². The average molecular weight is 266 g/mol. The molecule has 0 aliphatic carbocycles. The number of fused-ring (bicyclic) bond motifs is 1. The monoisotopic (exact) mass is 266 g/mol. The summed E-state index contributed by atoms with van der Waals surface area (Å²) in [5.74, 6) is -0.240. The predicted octanol–water partition coefficient (Wildman–Crippen LogP) is 0.827. The Morgan fingerprint density at radius 2 is 2.28 bits per heavy atom. The minimum atomic E-state index is -1.04. The number of hydrogen-bond donors (Lipinski definition) is 3. The van der Waals surface area contributed by atoms with Crippen LogP contribution in [-0.4, -0.2) is 33.8 Å². The first-order valence-corrected chi connectivity index (χ1v) is 6.39. The van der Waals surface area contributed by atoms with Gasteiger partial charge in [-0.2, -0.15) is 0 Å². The van der Waals surface area contributed by atoms with Crippen molar-refractivity contribution in [3.63, 3.8) is 0 Å². The molecule has 2 unspecified atom stereocenters. The quantitative estimate of drug-likeness (QED) is 0.765. The molecule has 6 heteroatoms. The van der Waals surface area contributed by atoms with E-state index in [0.29, 0.717) is 5.56 Å². The van der Waals surface area contributed by atoms with Crippen LogP contribution in [0.1, 0.15) is 18.6 Å². The van der Waals surface area contributed by atoms with E-state index in [0.717, 1.165) is 10.2 Å². The Balaban J connectivity index is 2.11. The zero-order valence-corrected chi connectivity index (χ0v) is 10.6. The Morgan fingerprint density at radius 3 is 3.00 bits per heavy atom. The van der Waals surface area contributed by atoms with E-state index in [2.05, 4.69) is 10.3 Å². The van der Waals surface area contributed by atoms with Crippen LogP contribution >= 0.6 is 11.3 Å². The highest BCUT2D eigenvalue weighted by Crippen LogP contribution is 2.23. The molecule has 0 bridgehead atoms. The van der Waals surface area contributed by atoms with Gasteiger partial charge in [0.15, 0.2) is 0 Å². The molecule has 2 rings (SSSR count). The van der Waals surface area contributed by atoms with E-state index in [1.165, 1.54) is 18.3 Å². The fourth-order valence-corrected chi connectivity index (χ4v) is 2.30. The zero-order valence-electron chi connectivity index (χ0n) is 9.83. The lowest BCUT2D eigenvalue weighted by Crippen LogP contribution is -2.34. The maximum Gasteiger partial charge on any atom is 0.216 e. The first-order chi connectivity index (χ1) is 8.58. The lowest BCUT2D eigenvalue weighted by molar-refractivity contribution is -0.119. The number of carbonyl (C=O) groups is 1. The number of benzene rings is 1. The van der Waals surface area contributed by atoms with Gasteiger partial charge in [0.1, 0.15) is 12.2 Å². The third kappa shape index (κ3) is 2.84. The SMILES string of the molecule is CC(=O)NCC(O)C(O)c1ccc2scnc2c1. The second kappa shape index (κ2) is 5.43. The molecule has 0 saturated carbocycles. The number of carbonyl (C=O) groups excluding carboxylic acids is 1. The molecule has 2 aromatic rings. The average Bonchev–Trinajstić information content (AvgIpc) is 2.81. The maximum atomic E-state index is 10.7. The van der Waals surface area contributed by atoms with Crippen molar-refractivity contribution in [1.29, 1.82) is 0 Å². The number of amides is 1. The zero-order chi connectivity index (χ0) is 13.1. The molecular formula is C12H14N2O3S. The van der Waals surface area contributed by atoms with Crippen LogP contribution in [0.2, 0.25) is 0 Å². The summed E-state index contributed by atoms with van der Waals surface area (Å²) in [5.41, 5.74) is 3.11. The third-order valence-electron chi connectivity index (χ3n) is 2.62. The van der Waals surface area contributed by atoms with Crippen LogP contribution in [0.15, 0.2) is 23.7 Å². The van der Waals surface area contributed by atoms with Crippen molar-refractivity contribution >= 4 is 27.5 Å². The van der Waals surface area contributed by atoms with E-state index < -0.39 is 12.2 Å². The Hall–Kier alpha value is -1.50. The van der Waals surface area contributed by atoms with E-state index in [-0.39, 0.29) is 12.5 Å². The molecule has 0 saturated heterocycles. The molecule has 0 radical (unpaired) electrons. The number of nitrogens with zero attached hydrogens (tertiary/aromatic N) is 1. The lowest BCUT2D eigenvalue weighted by Gasteiger charge is -2.18. The summed E-state index contributed by atoms with van der Waals surface area (Å²) >= 11 is 1.52. The Morgan fingerprint density at radius 1 is 1.50 bits per heavy atom. The number of hydrogen-bond acceptors (Lipinski definition) is 5. The molecule has 1 heterocycles. The van der Waals surface area contributed by atoms with Gasteiger partial charge in [-0.1, -0.05) is 6.07 Å². The molecule has 3 N–H and O–H groups in total. The molecule has 0 spiro atoms. The maximum absolute atomic E-state index is 10.7. The Kier molecular flexibility index (Phi) is 3.90. The summed E-state index contributed by atoms with van der Waals surface area (Å²) in [4.78, 5) is 14.9. The van der Waals surface area contributed by atoms with Gasteiger partial charge in [-0.15, -0.1) is 11.3 Å². The van der Waals surface area contributed by atoms with Gasteiger partial charge in [-0.25, -0.2) is 4.98 Å². The normalized spacial score (nSPS) is 14.4. The van der Waals surface area contributed by atoms with E-state index in [4.69, 9.17) is 0 Å². The molecule has 1 amide bonds. The number of aliphatic hydroxyl groups is 2. The molecule has 5 nitrogen and oxygen atoms in total. The van der Waals surface area contributed by atoms with Crippen LogP contribution in [0, 0.1) is 0 Å². The van der Waals surface area contributed by atoms with Gasteiger partial charge in [-0.3, -0.25) is 4.79 Å². The van der Waals surface area contributed by atoms with Gasteiger partial charge in [0.05, 0.1) is 15.7 Å². The summed E-state index contributed by atoms with van der Waals surface area (Å²) in [6.07, 6.45) is -2.08. The number of aliphatic hydroxyl groups excluding tert-OH is 2. The predicted molar refractivity (Wildman–Crippen MR) is 69.3 cm³/mol. The standard InChI is InChI=1S/C12H14N2O3S/c1-7(15)13-5-10(16)12(17)8-2-3-11-9(4-8)14-6-18-11/h2-4,6,10,12,16-17H,5H2,1H3,(H,13,15). The van der Waals surface area contributed by atoms with Crippen LogP contribution in [0.4, 0.5) is 0 Å². The second-order valence-corrected chi connectivity index (χ2v) is 4.92. The minimum Gasteiger partial charge on any atom is -0.388 e. The smallest absolute Gasteiger partial charge is 0.216 e. The fourth-order valence-electron chi connectivity index (χ4n) is 1.64. The molecule has 0 fully saturated rings. The number of aromatic nitrogens is 1. The van der Waals surface area contributed by atoms with Gasteiger partial charge >= 0.3 is 0 Å². The molecule has 18 heavy (non-hydrogen) atoms. The summed E-state index contributed by atoms with van der Waals surface area (Å²) in [7, 11) is 0. The fraction of sp³-hybridized carbons (Fsp3) is 0.333. The Bertz CT molecular complexity index is 555. The second-order valence-electron chi connectivity index (χ2n) is 4.03. The topological polar surface area (TPSA) is 82.5 Å². The summed E-state index contributed by atoms with van der Waals surface area (Å²) in [6, 6.07) is 5.35. The van der Waals surface area contributed by atoms with Gasteiger partial charge in [-0.05, 0) is 17.7 Å². The molecule has 1 aromatic heterocycles. The van der Waals surface area contributed by atoms with Gasteiger partial charge in [0, 0.05) is 13.5 Å². The van der Waals surface area contributed by atoms with Crippen molar-refractivity contribution in [3.8, 4) is 0 Å². The highest BCUT2D eigenvalue weighted by atomic mass is 32.1. The molecule has 0 aliphatic heterocycles. The third-order valence-corrected chi connectivity index (χ3v) is 3.43. The molecule has 1 aromatic carbocycles. The molecular weight excluding hydrogens is 252 g/mol. The highest BCUT2D eigenvalue weighted by molar-refractivity contribution is 7.16.